The zero-order valence-corrected chi connectivity index (χ0v) is 17.2. The van der Waals surface area contributed by atoms with Crippen LogP contribution in [-0.4, -0.2) is 4.98 Å². The molecule has 0 saturated carbocycles. The number of pyridine rings is 1. The van der Waals surface area contributed by atoms with E-state index in [0.29, 0.717) is 0 Å². The van der Waals surface area contributed by atoms with Crippen LogP contribution in [0, 0.1) is 6.92 Å². The van der Waals surface area contributed by atoms with Crippen LogP contribution in [0.2, 0.25) is 0 Å². The highest BCUT2D eigenvalue weighted by molar-refractivity contribution is 5.62. The van der Waals surface area contributed by atoms with Crippen molar-refractivity contribution in [2.24, 2.45) is 0 Å². The molecule has 0 aliphatic rings. The lowest BCUT2D eigenvalue weighted by Gasteiger charge is -2.37. The van der Waals surface area contributed by atoms with Gasteiger partial charge in [0.2, 0.25) is 0 Å². The summed E-state index contributed by atoms with van der Waals surface area (Å²) in [6, 6.07) is 11.1. The van der Waals surface area contributed by atoms with Crippen LogP contribution in [0.3, 0.4) is 0 Å². The van der Waals surface area contributed by atoms with E-state index >= 15 is 0 Å². The van der Waals surface area contributed by atoms with Crippen molar-refractivity contribution in [3.05, 3.63) is 53.2 Å². The summed E-state index contributed by atoms with van der Waals surface area (Å²) in [7, 11) is 0. The maximum atomic E-state index is 4.88. The number of aryl methyl sites for hydroxylation is 1. The van der Waals surface area contributed by atoms with Crippen molar-refractivity contribution in [3.8, 4) is 11.3 Å². The standard InChI is InChI=1S/C24H35N/c1-8-23(6,9-2)20-16-22(19-14-12-18(5)13-15-19)25-17-21(20)24(7,10-3)11-4/h12-17H,8-11H2,1-7H3. The predicted molar refractivity (Wildman–Crippen MR) is 110 cm³/mol. The SMILES string of the molecule is CCC(C)(CC)c1cnc(-c2ccc(C)cc2)cc1C(C)(CC)CC. The Bertz CT molecular complexity index is 689. The van der Waals surface area contributed by atoms with Crippen molar-refractivity contribution in [1.82, 2.24) is 4.98 Å². The highest BCUT2D eigenvalue weighted by atomic mass is 14.7. The molecule has 1 nitrogen and oxygen atoms in total. The van der Waals surface area contributed by atoms with E-state index in [1.54, 1.807) is 0 Å². The van der Waals surface area contributed by atoms with Crippen LogP contribution in [0.5, 0.6) is 0 Å². The number of benzene rings is 1. The molecule has 0 radical (unpaired) electrons. The van der Waals surface area contributed by atoms with Gasteiger partial charge in [0, 0.05) is 11.8 Å². The zero-order chi connectivity index (χ0) is 18.7. The van der Waals surface area contributed by atoms with Crippen molar-refractivity contribution < 1.29 is 0 Å². The van der Waals surface area contributed by atoms with E-state index < -0.39 is 0 Å². The van der Waals surface area contributed by atoms with Gasteiger partial charge in [0.25, 0.3) is 0 Å². The lowest BCUT2D eigenvalue weighted by Crippen LogP contribution is -2.29. The van der Waals surface area contributed by atoms with Crippen molar-refractivity contribution in [1.29, 1.82) is 0 Å². The summed E-state index contributed by atoms with van der Waals surface area (Å²) in [4.78, 5) is 4.88. The van der Waals surface area contributed by atoms with Crippen LogP contribution in [0.1, 0.15) is 83.9 Å². The summed E-state index contributed by atoms with van der Waals surface area (Å²) in [6.07, 6.45) is 6.76. The molecule has 1 heteroatoms. The molecule has 2 aromatic rings. The van der Waals surface area contributed by atoms with Crippen molar-refractivity contribution in [2.45, 2.75) is 85.0 Å². The Balaban J connectivity index is 2.68. The topological polar surface area (TPSA) is 12.9 Å². The molecule has 136 valence electrons. The molecule has 0 fully saturated rings. The zero-order valence-electron chi connectivity index (χ0n) is 17.2. The van der Waals surface area contributed by atoms with E-state index in [0.717, 1.165) is 31.4 Å². The third kappa shape index (κ3) is 3.81. The average Bonchev–Trinajstić information content (AvgIpc) is 2.67. The van der Waals surface area contributed by atoms with Crippen LogP contribution in [0.25, 0.3) is 11.3 Å². The molecule has 0 N–H and O–H groups in total. The fourth-order valence-electron chi connectivity index (χ4n) is 3.58. The highest BCUT2D eigenvalue weighted by Gasteiger charge is 2.33. The van der Waals surface area contributed by atoms with E-state index in [4.69, 9.17) is 4.98 Å². The first-order valence-electron chi connectivity index (χ1n) is 9.91. The largest absolute Gasteiger partial charge is 0.256 e. The van der Waals surface area contributed by atoms with E-state index in [1.165, 1.54) is 22.3 Å². The van der Waals surface area contributed by atoms with Crippen LogP contribution in [-0.2, 0) is 10.8 Å². The lowest BCUT2D eigenvalue weighted by atomic mass is 9.68. The Labute approximate surface area is 154 Å². The molecule has 1 aromatic carbocycles. The minimum absolute atomic E-state index is 0.194. The highest BCUT2D eigenvalue weighted by Crippen LogP contribution is 2.42. The third-order valence-corrected chi connectivity index (χ3v) is 6.67. The molecule has 2 rings (SSSR count). The second-order valence-corrected chi connectivity index (χ2v) is 8.02. The van der Waals surface area contributed by atoms with Crippen molar-refractivity contribution >= 4 is 0 Å². The Morgan fingerprint density at radius 3 is 1.72 bits per heavy atom. The summed E-state index contributed by atoms with van der Waals surface area (Å²) in [5.74, 6) is 0. The number of hydrogen-bond acceptors (Lipinski definition) is 1. The fourth-order valence-corrected chi connectivity index (χ4v) is 3.58. The van der Waals surface area contributed by atoms with Crippen LogP contribution in [0.4, 0.5) is 0 Å². The molecule has 1 heterocycles. The first kappa shape index (κ1) is 19.7. The van der Waals surface area contributed by atoms with Gasteiger partial charge in [-0.15, -0.1) is 0 Å². The Hall–Kier alpha value is -1.63. The fraction of sp³-hybridized carbons (Fsp3) is 0.542. The third-order valence-electron chi connectivity index (χ3n) is 6.67. The maximum Gasteiger partial charge on any atom is 0.0705 e. The minimum Gasteiger partial charge on any atom is -0.256 e. The maximum absolute atomic E-state index is 4.88. The van der Waals surface area contributed by atoms with E-state index in [1.807, 2.05) is 0 Å². The molecule has 0 aliphatic carbocycles. The second-order valence-electron chi connectivity index (χ2n) is 8.02. The van der Waals surface area contributed by atoms with Gasteiger partial charge in [0.1, 0.15) is 0 Å². The van der Waals surface area contributed by atoms with Gasteiger partial charge in [-0.05, 0) is 60.6 Å². The first-order chi connectivity index (χ1) is 11.8. The van der Waals surface area contributed by atoms with Gasteiger partial charge < -0.3 is 0 Å². The quantitative estimate of drug-likeness (QED) is 0.520. The molecule has 0 atom stereocenters. The van der Waals surface area contributed by atoms with Gasteiger partial charge in [0.05, 0.1) is 5.69 Å². The van der Waals surface area contributed by atoms with Gasteiger partial charge in [-0.3, -0.25) is 4.98 Å². The summed E-state index contributed by atoms with van der Waals surface area (Å²) in [6.45, 7) is 16.2. The lowest BCUT2D eigenvalue weighted by molar-refractivity contribution is 0.392. The molecule has 25 heavy (non-hydrogen) atoms. The van der Waals surface area contributed by atoms with E-state index in [-0.39, 0.29) is 10.8 Å². The van der Waals surface area contributed by atoms with Crippen LogP contribution in [0.15, 0.2) is 36.5 Å². The summed E-state index contributed by atoms with van der Waals surface area (Å²) in [5, 5.41) is 0. The molecule has 0 amide bonds. The molecule has 0 spiro atoms. The Kier molecular flexibility index (Phi) is 6.08. The number of aromatic nitrogens is 1. The number of rotatable bonds is 7. The molecule has 1 aromatic heterocycles. The van der Waals surface area contributed by atoms with Gasteiger partial charge >= 0.3 is 0 Å². The molecular formula is C24H35N. The Morgan fingerprint density at radius 2 is 1.24 bits per heavy atom. The summed E-state index contributed by atoms with van der Waals surface area (Å²) < 4.78 is 0. The number of nitrogens with zero attached hydrogens (tertiary/aromatic N) is 1. The monoisotopic (exact) mass is 337 g/mol. The molecule has 0 saturated heterocycles. The summed E-state index contributed by atoms with van der Waals surface area (Å²) in [5.41, 5.74) is 6.93. The molecule has 0 unspecified atom stereocenters. The van der Waals surface area contributed by atoms with Crippen molar-refractivity contribution in [2.75, 3.05) is 0 Å². The predicted octanol–water partition coefficient (Wildman–Crippen LogP) is 7.21. The second kappa shape index (κ2) is 7.72. The van der Waals surface area contributed by atoms with Crippen molar-refractivity contribution in [3.63, 3.8) is 0 Å². The average molecular weight is 338 g/mol. The first-order valence-corrected chi connectivity index (χ1v) is 9.91. The van der Waals surface area contributed by atoms with Crippen LogP contribution >= 0.6 is 0 Å². The Morgan fingerprint density at radius 1 is 0.760 bits per heavy atom. The van der Waals surface area contributed by atoms with Gasteiger partial charge in [-0.2, -0.15) is 0 Å². The van der Waals surface area contributed by atoms with Crippen LogP contribution < -0.4 is 0 Å². The van der Waals surface area contributed by atoms with Gasteiger partial charge in [-0.1, -0.05) is 71.4 Å². The molecule has 0 aliphatic heterocycles. The summed E-state index contributed by atoms with van der Waals surface area (Å²) >= 11 is 0. The smallest absolute Gasteiger partial charge is 0.0705 e. The minimum atomic E-state index is 0.194. The van der Waals surface area contributed by atoms with E-state index in [9.17, 15) is 0 Å². The van der Waals surface area contributed by atoms with Gasteiger partial charge in [-0.25, -0.2) is 0 Å². The van der Waals surface area contributed by atoms with Gasteiger partial charge in [0.15, 0.2) is 0 Å². The number of hydrogen-bond donors (Lipinski definition) is 0. The van der Waals surface area contributed by atoms with E-state index in [2.05, 4.69) is 85.0 Å². The molecular weight excluding hydrogens is 302 g/mol. The normalized spacial score (nSPS) is 12.4. The molecule has 0 bridgehead atoms.